The van der Waals surface area contributed by atoms with E-state index in [1.165, 1.54) is 76.5 Å². The number of para-hydroxylation sites is 1. The number of allylic oxidation sites excluding steroid dienone is 1. The zero-order valence-electron chi connectivity index (χ0n) is 84.7. The van der Waals surface area contributed by atoms with Crippen LogP contribution in [0.5, 0.6) is 0 Å². The number of Topliss-reactive ketones (excluding diaryl/α,β-unsaturated/α-hetero) is 3. The quantitative estimate of drug-likeness (QED) is 0.0150. The van der Waals surface area contributed by atoms with E-state index in [0.29, 0.717) is 69.2 Å². The van der Waals surface area contributed by atoms with Crippen LogP contribution in [0.15, 0.2) is 87.5 Å². The SMILES string of the molecule is CCCC[C@H](NC(=O)[C@H](CO)NC(=O)[C@H](CC1=CCC=N1)NC(=O)[C@H](CO)NC(=O)[C@H](CCCN=C(N)N)NC(=O)[C@H](CCC(N)=O)NC(=O)COCCOCCNC(=O)CCCCCCCCCCCCCCCc1nn[nH]n1)C(C)=O.CN[C@H]1CCC(=O)CCCCC[C@@H](C(C)=O)NC(=O)[C@H](Cc2c[nH]c3ccccc23)NC(=O)[C@H](CCCN=C(N)N)NC(=O)[C@@H](Cc2ccccc2)NC(=O)[C@@H]2C[C@@H](O)CN2C1=O. The van der Waals surface area contributed by atoms with Gasteiger partial charge in [0.15, 0.2) is 29.3 Å². The van der Waals surface area contributed by atoms with Gasteiger partial charge in [-0.3, -0.25) is 91.7 Å². The normalized spacial score (nSPS) is 18.8. The van der Waals surface area contributed by atoms with Crippen molar-refractivity contribution < 1.29 is 102 Å². The third-order valence-electron chi connectivity index (χ3n) is 25.0. The first-order chi connectivity index (χ1) is 70.2. The zero-order chi connectivity index (χ0) is 107. The number of fused-ring (bicyclic) bond motifs is 2. The number of aryl methyl sites for hydroxylation is 1. The molecule has 27 N–H and O–H groups in total. The van der Waals surface area contributed by atoms with Crippen LogP contribution in [0.4, 0.5) is 0 Å². The van der Waals surface area contributed by atoms with Gasteiger partial charge in [-0.05, 0) is 109 Å². The molecule has 13 amide bonds. The van der Waals surface area contributed by atoms with Crippen molar-refractivity contribution >= 4 is 123 Å². The van der Waals surface area contributed by atoms with Crippen molar-refractivity contribution in [3.8, 4) is 0 Å². The van der Waals surface area contributed by atoms with Gasteiger partial charge in [0.05, 0.1) is 57.3 Å². The van der Waals surface area contributed by atoms with Gasteiger partial charge in [-0.25, -0.2) is 0 Å². The second kappa shape index (κ2) is 69.0. The molecule has 146 heavy (non-hydrogen) atoms. The van der Waals surface area contributed by atoms with Gasteiger partial charge < -0.3 is 127 Å². The van der Waals surface area contributed by atoms with Gasteiger partial charge in [-0.15, -0.1) is 10.2 Å². The fraction of sp³-hybridized carbons (Fsp3) is 0.636. The number of hydrogen-bond acceptors (Lipinski definition) is 28. The molecule has 0 radical (unpaired) electrons. The third-order valence-corrected chi connectivity index (χ3v) is 25.0. The van der Waals surface area contributed by atoms with Crippen LogP contribution in [0.1, 0.15) is 250 Å². The molecule has 0 saturated carbocycles. The lowest BCUT2D eigenvalue weighted by Crippen LogP contribution is -2.60. The van der Waals surface area contributed by atoms with Gasteiger partial charge in [-0.2, -0.15) is 5.21 Å². The molecule has 7 rings (SSSR count). The molecule has 47 heteroatoms. The molecule has 0 bridgehead atoms. The predicted octanol–water partition coefficient (Wildman–Crippen LogP) is -0.509. The van der Waals surface area contributed by atoms with E-state index in [1.807, 2.05) is 31.2 Å². The van der Waals surface area contributed by atoms with Crippen LogP contribution in [-0.2, 0) is 105 Å². The second-order valence-corrected chi connectivity index (χ2v) is 36.9. The highest BCUT2D eigenvalue weighted by atomic mass is 16.5. The van der Waals surface area contributed by atoms with E-state index in [2.05, 4.69) is 104 Å². The van der Waals surface area contributed by atoms with E-state index in [4.69, 9.17) is 38.1 Å². The number of primary amides is 1. The Hall–Kier alpha value is -13.1. The van der Waals surface area contributed by atoms with Crippen molar-refractivity contribution in [3.05, 3.63) is 89.5 Å². The molecule has 0 aliphatic carbocycles. The lowest BCUT2D eigenvalue weighted by Gasteiger charge is -2.30. The van der Waals surface area contributed by atoms with Gasteiger partial charge in [0.1, 0.15) is 66.8 Å². The number of aliphatic hydroxyl groups is 3. The monoisotopic (exact) mass is 2050 g/mol. The fourth-order valence-electron chi connectivity index (χ4n) is 16.8. The Morgan fingerprint density at radius 2 is 1.14 bits per heavy atom. The minimum Gasteiger partial charge on any atom is -0.394 e. The number of tetrazole rings is 1. The predicted molar refractivity (Wildman–Crippen MR) is 544 cm³/mol. The smallest absolute Gasteiger partial charge is 0.246 e. The van der Waals surface area contributed by atoms with Crippen molar-refractivity contribution in [3.63, 3.8) is 0 Å². The first-order valence-electron chi connectivity index (χ1n) is 51.0. The average Bonchev–Trinajstić information content (AvgIpc) is 1.68. The number of guanidine groups is 2. The summed E-state index contributed by atoms with van der Waals surface area (Å²) in [6.45, 7) is 2.83. The number of likely N-dealkylation sites (N-methyl/N-ethyl adjacent to an activating group) is 1. The summed E-state index contributed by atoms with van der Waals surface area (Å²) in [6, 6.07) is 1.45. The maximum Gasteiger partial charge on any atom is 0.246 e. The summed E-state index contributed by atoms with van der Waals surface area (Å²) in [5, 5.41) is 77.8. The van der Waals surface area contributed by atoms with E-state index in [1.54, 1.807) is 55.9 Å². The van der Waals surface area contributed by atoms with Crippen molar-refractivity contribution in [2.45, 2.75) is 331 Å². The largest absolute Gasteiger partial charge is 0.394 e. The minimum atomic E-state index is -1.73. The standard InChI is InChI=1S/C54H94N16O13.C45H62N10O8/c1-3-4-21-39(37(2)73)62-52(80)43(34-71)66-51(79)42(33-38-20-18-27-58-38)64-53(81)44(35-72)65-49(77)40(22-19-28-60-54(56)57)63-50(78)41(25-26-45(55)74)61-48(76)36-83-32-31-82-30-29-59-47(75)24-17-15-13-11-9-7-5-6-8-10-12-14-16-23-46-67-69-70-68-46;1-27(56)33-16-8-4-7-14-30(57)19-20-36(48-2)44(63)55-26-31(58)24-39(55)43(62)54-37(22-28-12-5-3-6-13-28)41(60)52-35(18-11-21-49-45(46)47)40(59)53-38(42(61)51-33)23-29-25-50-34-17-10-9-15-32(29)34/h20,27,39-44,71-72H,3-19,21-26,28-36H2,1-2H3,(H2,55,74)(H,59,75)(H,61,76)(H,62,80)(H,63,78)(H,64,81)(H,65,77)(H,66,79)(H4,56,57,60)(H,67,68,69,70);3,5-6,9-10,12-13,15,17,25,31,33,35-39,48,50,58H,4,7-8,11,14,16,18-24,26H2,1-2H3,(H,51,61)(H,52,60)(H,53,59)(H,54,62)(H4,46,47,49)/t39-,40-,41-,42-,43-,44-;31-,33+,35+,36+,37-,38+,39+/m01/s1. The molecule has 2 aromatic heterocycles. The van der Waals surface area contributed by atoms with E-state index in [0.717, 1.165) is 60.8 Å². The summed E-state index contributed by atoms with van der Waals surface area (Å²) < 4.78 is 10.9. The van der Waals surface area contributed by atoms with E-state index in [9.17, 15) is 92.0 Å². The molecule has 0 unspecified atom stereocenters. The van der Waals surface area contributed by atoms with Gasteiger partial charge in [0, 0.05) is 119 Å². The number of benzene rings is 2. The molecular formula is C99H156N26O21. The number of unbranched alkanes of at least 4 members (excludes halogenated alkanes) is 13. The molecule has 4 aromatic rings. The number of hydrogen-bond donors (Lipinski definition) is 22. The number of aromatic nitrogens is 5. The van der Waals surface area contributed by atoms with Crippen LogP contribution >= 0.6 is 0 Å². The number of carbonyl (C=O) groups is 16. The molecular weight excluding hydrogens is 1890 g/mol. The summed E-state index contributed by atoms with van der Waals surface area (Å²) >= 11 is 0. The van der Waals surface area contributed by atoms with Gasteiger partial charge >= 0.3 is 0 Å². The number of aromatic amines is 2. The Morgan fingerprint density at radius 1 is 0.568 bits per heavy atom. The Kier molecular flexibility index (Phi) is 57.5. The highest BCUT2D eigenvalue weighted by Gasteiger charge is 2.43. The number of nitrogens with zero attached hydrogens (tertiary/aromatic N) is 7. The van der Waals surface area contributed by atoms with Gasteiger partial charge in [0.25, 0.3) is 0 Å². The van der Waals surface area contributed by atoms with E-state index in [-0.39, 0.29) is 158 Å². The lowest BCUT2D eigenvalue weighted by atomic mass is 9.99. The number of nitrogens with one attached hydrogen (secondary N) is 14. The number of aliphatic hydroxyl groups excluding tert-OH is 3. The molecule has 2 fully saturated rings. The minimum absolute atomic E-state index is 0.00323. The van der Waals surface area contributed by atoms with Crippen LogP contribution in [-0.4, -0.2) is 310 Å². The number of ketones is 3. The Labute approximate surface area is 851 Å². The molecule has 47 nitrogen and oxygen atoms in total. The van der Waals surface area contributed by atoms with Crippen molar-refractivity contribution in [1.82, 2.24) is 94.3 Å². The molecule has 2 saturated heterocycles. The highest BCUT2D eigenvalue weighted by molar-refractivity contribution is 6.00. The second-order valence-electron chi connectivity index (χ2n) is 36.9. The highest BCUT2D eigenvalue weighted by Crippen LogP contribution is 2.25. The Morgan fingerprint density at radius 3 is 1.75 bits per heavy atom. The summed E-state index contributed by atoms with van der Waals surface area (Å²) in [5.41, 5.74) is 30.0. The number of carbonyl (C=O) groups excluding carboxylic acids is 16. The maximum absolute atomic E-state index is 14.4. The number of aliphatic imine (C=N–C) groups is 3. The molecule has 2 aromatic carbocycles. The van der Waals surface area contributed by atoms with Crippen molar-refractivity contribution in [2.75, 3.05) is 72.9 Å². The number of nitrogens with two attached hydrogens (primary N) is 5. The third kappa shape index (κ3) is 47.4. The average molecular weight is 2050 g/mol. The van der Waals surface area contributed by atoms with E-state index < -0.39 is 169 Å². The lowest BCUT2D eigenvalue weighted by molar-refractivity contribution is -0.141. The van der Waals surface area contributed by atoms with Crippen LogP contribution in [0, 0.1) is 0 Å². The summed E-state index contributed by atoms with van der Waals surface area (Å²) in [4.78, 5) is 231. The number of H-pyrrole nitrogens is 2. The van der Waals surface area contributed by atoms with Crippen LogP contribution in [0.3, 0.4) is 0 Å². The zero-order valence-corrected chi connectivity index (χ0v) is 84.7. The summed E-state index contributed by atoms with van der Waals surface area (Å²) in [7, 11) is 1.59. The number of rotatable bonds is 60. The Balaban J connectivity index is 0.000000462. The van der Waals surface area contributed by atoms with Gasteiger partial charge in [-0.1, -0.05) is 163 Å². The number of amides is 13. The molecule has 3 aliphatic rings. The first kappa shape index (κ1) is 122. The number of ether oxygens (including phenoxy) is 2. The summed E-state index contributed by atoms with van der Waals surface area (Å²) in [5.74, 6) is -9.77. The molecule has 0 spiro atoms. The van der Waals surface area contributed by atoms with E-state index >= 15 is 0 Å². The van der Waals surface area contributed by atoms with Crippen molar-refractivity contribution in [2.24, 2.45) is 43.6 Å². The summed E-state index contributed by atoms with van der Waals surface area (Å²) in [6.07, 6.45) is 24.4. The molecule has 3 aliphatic heterocycles. The first-order valence-corrected chi connectivity index (χ1v) is 51.0. The molecule has 808 valence electrons. The topological polar surface area (TPSA) is 737 Å². The molecule has 13 atom stereocenters. The van der Waals surface area contributed by atoms with Crippen LogP contribution < -0.4 is 92.5 Å². The fourth-order valence-corrected chi connectivity index (χ4v) is 16.8. The Bertz CT molecular complexity index is 4900. The van der Waals surface area contributed by atoms with Crippen molar-refractivity contribution in [1.29, 1.82) is 0 Å². The molecule has 5 heterocycles. The van der Waals surface area contributed by atoms with Crippen LogP contribution in [0.2, 0.25) is 0 Å². The van der Waals surface area contributed by atoms with Gasteiger partial charge in [0.2, 0.25) is 76.8 Å². The van der Waals surface area contributed by atoms with Crippen LogP contribution in [0.25, 0.3) is 10.9 Å². The maximum atomic E-state index is 14.4.